The summed E-state index contributed by atoms with van der Waals surface area (Å²) in [7, 11) is 0. The molecule has 0 saturated carbocycles. The minimum Gasteiger partial charge on any atom is -0.452 e. The van der Waals surface area contributed by atoms with Crippen LogP contribution >= 0.6 is 0 Å². The standard InChI is InChI=1S/C18H15FN2O5/c19-15-6-1-14(2-7-15)11-20-17(22)12-26-18(23)10-5-13-3-8-16(9-4-13)21(24)25/h1-10H,11-12H2,(H,20,22)/b10-5+. The third-order valence-corrected chi connectivity index (χ3v) is 3.26. The summed E-state index contributed by atoms with van der Waals surface area (Å²) in [5.41, 5.74) is 1.24. The van der Waals surface area contributed by atoms with Crippen molar-refractivity contribution in [2.75, 3.05) is 6.61 Å². The van der Waals surface area contributed by atoms with E-state index in [0.717, 1.165) is 6.08 Å². The third-order valence-electron chi connectivity index (χ3n) is 3.26. The van der Waals surface area contributed by atoms with Crippen molar-refractivity contribution in [3.63, 3.8) is 0 Å². The monoisotopic (exact) mass is 358 g/mol. The highest BCUT2D eigenvalue weighted by Crippen LogP contribution is 2.12. The van der Waals surface area contributed by atoms with Crippen molar-refractivity contribution in [1.29, 1.82) is 0 Å². The van der Waals surface area contributed by atoms with Gasteiger partial charge in [0.25, 0.3) is 11.6 Å². The first-order valence-electron chi connectivity index (χ1n) is 7.54. The van der Waals surface area contributed by atoms with Crippen molar-refractivity contribution < 1.29 is 23.6 Å². The molecule has 0 bridgehead atoms. The summed E-state index contributed by atoms with van der Waals surface area (Å²) < 4.78 is 17.6. The number of benzene rings is 2. The average molecular weight is 358 g/mol. The molecule has 0 aliphatic carbocycles. The van der Waals surface area contributed by atoms with E-state index in [1.807, 2.05) is 0 Å². The van der Waals surface area contributed by atoms with Crippen molar-refractivity contribution in [3.05, 3.63) is 81.7 Å². The van der Waals surface area contributed by atoms with Crippen LogP contribution in [0, 0.1) is 15.9 Å². The second kappa shape index (κ2) is 9.07. The predicted molar refractivity (Wildman–Crippen MR) is 91.3 cm³/mol. The molecule has 0 radical (unpaired) electrons. The van der Waals surface area contributed by atoms with Gasteiger partial charge in [0, 0.05) is 24.8 Å². The number of nitrogens with zero attached hydrogens (tertiary/aromatic N) is 1. The molecule has 0 saturated heterocycles. The number of esters is 1. The summed E-state index contributed by atoms with van der Waals surface area (Å²) in [5, 5.41) is 13.1. The summed E-state index contributed by atoms with van der Waals surface area (Å²) in [6.07, 6.45) is 2.54. The molecule has 134 valence electrons. The molecule has 2 rings (SSSR count). The fourth-order valence-corrected chi connectivity index (χ4v) is 1.91. The highest BCUT2D eigenvalue weighted by molar-refractivity contribution is 5.89. The van der Waals surface area contributed by atoms with E-state index >= 15 is 0 Å². The van der Waals surface area contributed by atoms with Gasteiger partial charge in [0.1, 0.15) is 5.82 Å². The van der Waals surface area contributed by atoms with E-state index in [9.17, 15) is 24.1 Å². The Morgan fingerprint density at radius 2 is 1.77 bits per heavy atom. The van der Waals surface area contributed by atoms with E-state index < -0.39 is 23.4 Å². The van der Waals surface area contributed by atoms with Crippen LogP contribution in [0.1, 0.15) is 11.1 Å². The van der Waals surface area contributed by atoms with Crippen molar-refractivity contribution in [3.8, 4) is 0 Å². The minimum atomic E-state index is -0.722. The lowest BCUT2D eigenvalue weighted by atomic mass is 10.2. The summed E-state index contributed by atoms with van der Waals surface area (Å²) in [5.74, 6) is -1.58. The van der Waals surface area contributed by atoms with Gasteiger partial charge < -0.3 is 10.1 Å². The lowest BCUT2D eigenvalue weighted by Gasteiger charge is -2.05. The zero-order chi connectivity index (χ0) is 18.9. The molecule has 0 fully saturated rings. The van der Waals surface area contributed by atoms with Crippen LogP contribution < -0.4 is 5.32 Å². The molecular formula is C18H15FN2O5. The van der Waals surface area contributed by atoms with E-state index in [0.29, 0.717) is 11.1 Å². The van der Waals surface area contributed by atoms with E-state index in [-0.39, 0.29) is 18.0 Å². The summed E-state index contributed by atoms with van der Waals surface area (Å²) in [6.45, 7) is -0.264. The van der Waals surface area contributed by atoms with Crippen LogP contribution in [0.25, 0.3) is 6.08 Å². The van der Waals surface area contributed by atoms with Crippen molar-refractivity contribution in [1.82, 2.24) is 5.32 Å². The number of rotatable bonds is 7. The van der Waals surface area contributed by atoms with Crippen molar-refractivity contribution in [2.24, 2.45) is 0 Å². The highest BCUT2D eigenvalue weighted by Gasteiger charge is 2.06. The van der Waals surface area contributed by atoms with E-state index in [1.165, 1.54) is 54.6 Å². The Morgan fingerprint density at radius 3 is 2.38 bits per heavy atom. The third kappa shape index (κ3) is 6.16. The number of amides is 1. The fraction of sp³-hybridized carbons (Fsp3) is 0.111. The number of ether oxygens (including phenoxy) is 1. The molecule has 0 atom stereocenters. The molecule has 26 heavy (non-hydrogen) atoms. The molecule has 8 heteroatoms. The van der Waals surface area contributed by atoms with Crippen LogP contribution in [0.2, 0.25) is 0 Å². The number of nitro benzene ring substituents is 1. The molecular weight excluding hydrogens is 343 g/mol. The average Bonchev–Trinajstić information content (AvgIpc) is 2.64. The van der Waals surface area contributed by atoms with Gasteiger partial charge in [0.05, 0.1) is 4.92 Å². The number of nitrogens with one attached hydrogen (secondary N) is 1. The number of hydrogen-bond donors (Lipinski definition) is 1. The first kappa shape index (κ1) is 18.8. The van der Waals surface area contributed by atoms with Gasteiger partial charge in [0.2, 0.25) is 0 Å². The normalized spacial score (nSPS) is 10.5. The SMILES string of the molecule is O=C(COC(=O)/C=C/c1ccc([N+](=O)[O-])cc1)NCc1ccc(F)cc1. The molecule has 0 spiro atoms. The van der Waals surface area contributed by atoms with Crippen LogP contribution in [-0.4, -0.2) is 23.4 Å². The fourth-order valence-electron chi connectivity index (χ4n) is 1.91. The topological polar surface area (TPSA) is 98.5 Å². The van der Waals surface area contributed by atoms with E-state index in [2.05, 4.69) is 5.32 Å². The van der Waals surface area contributed by atoms with Gasteiger partial charge in [-0.05, 0) is 41.5 Å². The van der Waals surface area contributed by atoms with Gasteiger partial charge in [0.15, 0.2) is 6.61 Å². The Bertz CT molecular complexity index is 816. The van der Waals surface area contributed by atoms with Gasteiger partial charge in [-0.1, -0.05) is 12.1 Å². The first-order valence-corrected chi connectivity index (χ1v) is 7.54. The van der Waals surface area contributed by atoms with Crippen LogP contribution in [-0.2, 0) is 20.9 Å². The molecule has 0 heterocycles. The lowest BCUT2D eigenvalue weighted by Crippen LogP contribution is -2.28. The highest BCUT2D eigenvalue weighted by atomic mass is 19.1. The predicted octanol–water partition coefficient (Wildman–Crippen LogP) is 2.61. The zero-order valence-electron chi connectivity index (χ0n) is 13.6. The molecule has 0 aromatic heterocycles. The van der Waals surface area contributed by atoms with Crippen molar-refractivity contribution in [2.45, 2.75) is 6.54 Å². The minimum absolute atomic E-state index is 0.0532. The Labute approximate surface area is 148 Å². The van der Waals surface area contributed by atoms with Gasteiger partial charge in [-0.3, -0.25) is 14.9 Å². The number of nitro groups is 1. The number of halogens is 1. The molecule has 7 nitrogen and oxygen atoms in total. The Kier molecular flexibility index (Phi) is 6.55. The Morgan fingerprint density at radius 1 is 1.12 bits per heavy atom. The van der Waals surface area contributed by atoms with Crippen LogP contribution in [0.15, 0.2) is 54.6 Å². The molecule has 1 N–H and O–H groups in total. The second-order valence-corrected chi connectivity index (χ2v) is 5.19. The molecule has 0 aliphatic rings. The van der Waals surface area contributed by atoms with Crippen LogP contribution in [0.4, 0.5) is 10.1 Å². The van der Waals surface area contributed by atoms with Gasteiger partial charge in [-0.2, -0.15) is 0 Å². The maximum absolute atomic E-state index is 12.8. The molecule has 1 amide bonds. The molecule has 0 aliphatic heterocycles. The number of carbonyl (C=O) groups excluding carboxylic acids is 2. The van der Waals surface area contributed by atoms with Gasteiger partial charge in [-0.25, -0.2) is 9.18 Å². The molecule has 2 aromatic carbocycles. The number of non-ortho nitro benzene ring substituents is 1. The number of carbonyl (C=O) groups is 2. The smallest absolute Gasteiger partial charge is 0.331 e. The quantitative estimate of drug-likeness (QED) is 0.355. The second-order valence-electron chi connectivity index (χ2n) is 5.19. The summed E-state index contributed by atoms with van der Waals surface area (Å²) in [4.78, 5) is 33.2. The lowest BCUT2D eigenvalue weighted by molar-refractivity contribution is -0.384. The van der Waals surface area contributed by atoms with Gasteiger partial charge in [-0.15, -0.1) is 0 Å². The first-order chi connectivity index (χ1) is 12.4. The molecule has 0 unspecified atom stereocenters. The van der Waals surface area contributed by atoms with Crippen LogP contribution in [0.3, 0.4) is 0 Å². The van der Waals surface area contributed by atoms with E-state index in [1.54, 1.807) is 0 Å². The maximum Gasteiger partial charge on any atom is 0.331 e. The summed E-state index contributed by atoms with van der Waals surface area (Å²) in [6, 6.07) is 11.2. The zero-order valence-corrected chi connectivity index (χ0v) is 13.6. The largest absolute Gasteiger partial charge is 0.452 e. The Hall–Kier alpha value is -3.55. The summed E-state index contributed by atoms with van der Waals surface area (Å²) >= 11 is 0. The van der Waals surface area contributed by atoms with Crippen LogP contribution in [0.5, 0.6) is 0 Å². The van der Waals surface area contributed by atoms with Crippen molar-refractivity contribution >= 4 is 23.6 Å². The number of hydrogen-bond acceptors (Lipinski definition) is 5. The maximum atomic E-state index is 12.8. The molecule has 2 aromatic rings. The Balaban J connectivity index is 1.74. The van der Waals surface area contributed by atoms with E-state index in [4.69, 9.17) is 4.74 Å². The van der Waals surface area contributed by atoms with Gasteiger partial charge >= 0.3 is 5.97 Å².